The molecular weight excluding hydrogens is 170 g/mol. The van der Waals surface area contributed by atoms with Crippen LogP contribution in [0.1, 0.15) is 46.0 Å². The highest BCUT2D eigenvalue weighted by Gasteiger charge is 2.04. The standard InChI is InChI=1S/C9H17NO3/c1-3-5-7-9(12)13-10-8(11)6-4-2/h3-7H2,1-2H3,(H,10,11). The highest BCUT2D eigenvalue weighted by atomic mass is 16.7. The molecule has 1 amide bonds. The second kappa shape index (κ2) is 7.58. The second-order valence-electron chi connectivity index (χ2n) is 2.85. The zero-order valence-electron chi connectivity index (χ0n) is 8.26. The summed E-state index contributed by atoms with van der Waals surface area (Å²) in [6, 6.07) is 0. The van der Waals surface area contributed by atoms with Gasteiger partial charge in [-0.25, -0.2) is 4.79 Å². The zero-order valence-corrected chi connectivity index (χ0v) is 8.26. The number of hydrogen-bond donors (Lipinski definition) is 1. The van der Waals surface area contributed by atoms with E-state index in [9.17, 15) is 9.59 Å². The van der Waals surface area contributed by atoms with Crippen molar-refractivity contribution in [1.29, 1.82) is 0 Å². The van der Waals surface area contributed by atoms with E-state index in [1.165, 1.54) is 0 Å². The van der Waals surface area contributed by atoms with Crippen LogP contribution in [0.4, 0.5) is 0 Å². The average molecular weight is 187 g/mol. The summed E-state index contributed by atoms with van der Waals surface area (Å²) in [6.45, 7) is 3.88. The summed E-state index contributed by atoms with van der Waals surface area (Å²) in [7, 11) is 0. The number of rotatable bonds is 5. The first-order valence-corrected chi connectivity index (χ1v) is 4.69. The normalized spacial score (nSPS) is 9.38. The van der Waals surface area contributed by atoms with Crippen molar-refractivity contribution < 1.29 is 14.4 Å². The number of hydrogen-bond acceptors (Lipinski definition) is 3. The SMILES string of the molecule is CCCCC(=O)ONC(=O)CCC. The molecule has 4 heteroatoms. The number of carbonyl (C=O) groups excluding carboxylic acids is 2. The van der Waals surface area contributed by atoms with Crippen LogP contribution in [0.25, 0.3) is 0 Å². The maximum absolute atomic E-state index is 10.9. The molecule has 0 spiro atoms. The van der Waals surface area contributed by atoms with Crippen LogP contribution in [-0.4, -0.2) is 11.9 Å². The number of carbonyl (C=O) groups is 2. The molecule has 0 aliphatic heterocycles. The van der Waals surface area contributed by atoms with Crippen molar-refractivity contribution in [1.82, 2.24) is 5.48 Å². The monoisotopic (exact) mass is 187 g/mol. The van der Waals surface area contributed by atoms with E-state index in [2.05, 4.69) is 10.3 Å². The van der Waals surface area contributed by atoms with Gasteiger partial charge in [0.2, 0.25) is 0 Å². The Balaban J connectivity index is 3.40. The molecule has 13 heavy (non-hydrogen) atoms. The molecular formula is C9H17NO3. The van der Waals surface area contributed by atoms with E-state index < -0.39 is 0 Å². The van der Waals surface area contributed by atoms with Crippen molar-refractivity contribution in [3.05, 3.63) is 0 Å². The number of amides is 1. The summed E-state index contributed by atoms with van der Waals surface area (Å²) < 4.78 is 0. The van der Waals surface area contributed by atoms with Crippen LogP contribution >= 0.6 is 0 Å². The van der Waals surface area contributed by atoms with Crippen LogP contribution in [0.3, 0.4) is 0 Å². The van der Waals surface area contributed by atoms with Crippen LogP contribution in [-0.2, 0) is 14.4 Å². The van der Waals surface area contributed by atoms with E-state index in [1.807, 2.05) is 13.8 Å². The molecule has 0 aliphatic rings. The summed E-state index contributed by atoms with van der Waals surface area (Å²) in [6.07, 6.45) is 3.24. The molecule has 0 aliphatic carbocycles. The summed E-state index contributed by atoms with van der Waals surface area (Å²) in [4.78, 5) is 26.2. The maximum Gasteiger partial charge on any atom is 0.332 e. The largest absolute Gasteiger partial charge is 0.341 e. The molecule has 0 aromatic heterocycles. The smallest absolute Gasteiger partial charge is 0.332 e. The fraction of sp³-hybridized carbons (Fsp3) is 0.778. The number of hydroxylamine groups is 1. The van der Waals surface area contributed by atoms with Crippen LogP contribution < -0.4 is 5.48 Å². The molecule has 0 bridgehead atoms. The molecule has 0 aromatic carbocycles. The van der Waals surface area contributed by atoms with E-state index in [-0.39, 0.29) is 11.9 Å². The van der Waals surface area contributed by atoms with E-state index >= 15 is 0 Å². The van der Waals surface area contributed by atoms with Gasteiger partial charge >= 0.3 is 5.97 Å². The molecule has 0 rings (SSSR count). The van der Waals surface area contributed by atoms with Crippen molar-refractivity contribution in [3.63, 3.8) is 0 Å². The molecule has 0 radical (unpaired) electrons. The maximum atomic E-state index is 10.9. The Bertz CT molecular complexity index is 168. The van der Waals surface area contributed by atoms with Gasteiger partial charge < -0.3 is 4.84 Å². The minimum Gasteiger partial charge on any atom is -0.341 e. The summed E-state index contributed by atoms with van der Waals surface area (Å²) >= 11 is 0. The predicted molar refractivity (Wildman–Crippen MR) is 48.7 cm³/mol. The fourth-order valence-electron chi connectivity index (χ4n) is 0.764. The van der Waals surface area contributed by atoms with Crippen molar-refractivity contribution in [3.8, 4) is 0 Å². The lowest BCUT2D eigenvalue weighted by Crippen LogP contribution is -2.26. The van der Waals surface area contributed by atoms with Crippen molar-refractivity contribution >= 4 is 11.9 Å². The first-order chi connectivity index (χ1) is 6.20. The lowest BCUT2D eigenvalue weighted by molar-refractivity contribution is -0.158. The van der Waals surface area contributed by atoms with Crippen LogP contribution in [0.15, 0.2) is 0 Å². The van der Waals surface area contributed by atoms with Gasteiger partial charge in [-0.15, -0.1) is 0 Å². The van der Waals surface area contributed by atoms with Gasteiger partial charge in [0.15, 0.2) is 0 Å². The molecule has 76 valence electrons. The summed E-state index contributed by atoms with van der Waals surface area (Å²) in [5.41, 5.74) is 2.10. The molecule has 0 saturated heterocycles. The first-order valence-electron chi connectivity index (χ1n) is 4.69. The highest BCUT2D eigenvalue weighted by molar-refractivity contribution is 5.77. The van der Waals surface area contributed by atoms with E-state index in [0.29, 0.717) is 12.8 Å². The Morgan fingerprint density at radius 2 is 1.85 bits per heavy atom. The van der Waals surface area contributed by atoms with Gasteiger partial charge in [0.25, 0.3) is 5.91 Å². The van der Waals surface area contributed by atoms with Gasteiger partial charge in [0.05, 0.1) is 0 Å². The Hall–Kier alpha value is -1.06. The molecule has 0 fully saturated rings. The Kier molecular flexibility index (Phi) is 6.96. The third-order valence-corrected chi connectivity index (χ3v) is 1.49. The van der Waals surface area contributed by atoms with Crippen LogP contribution in [0.5, 0.6) is 0 Å². The van der Waals surface area contributed by atoms with Crippen LogP contribution in [0, 0.1) is 0 Å². The summed E-state index contributed by atoms with van der Waals surface area (Å²) in [5.74, 6) is -0.612. The van der Waals surface area contributed by atoms with Crippen molar-refractivity contribution in [2.45, 2.75) is 46.0 Å². The van der Waals surface area contributed by atoms with Crippen LogP contribution in [0.2, 0.25) is 0 Å². The minimum absolute atomic E-state index is 0.243. The Morgan fingerprint density at radius 1 is 1.15 bits per heavy atom. The third-order valence-electron chi connectivity index (χ3n) is 1.49. The van der Waals surface area contributed by atoms with E-state index in [4.69, 9.17) is 0 Å². The quantitative estimate of drug-likeness (QED) is 0.664. The predicted octanol–water partition coefficient (Wildman–Crippen LogP) is 1.55. The zero-order chi connectivity index (χ0) is 10.1. The molecule has 4 nitrogen and oxygen atoms in total. The molecule has 0 saturated carbocycles. The van der Waals surface area contributed by atoms with Gasteiger partial charge in [0.1, 0.15) is 0 Å². The lowest BCUT2D eigenvalue weighted by atomic mass is 10.3. The van der Waals surface area contributed by atoms with E-state index in [0.717, 1.165) is 19.3 Å². The van der Waals surface area contributed by atoms with Crippen molar-refractivity contribution in [2.24, 2.45) is 0 Å². The Morgan fingerprint density at radius 3 is 2.38 bits per heavy atom. The van der Waals surface area contributed by atoms with Gasteiger partial charge in [-0.1, -0.05) is 20.3 Å². The molecule has 0 unspecified atom stereocenters. The van der Waals surface area contributed by atoms with Gasteiger partial charge in [-0.05, 0) is 12.8 Å². The second-order valence-corrected chi connectivity index (χ2v) is 2.85. The number of nitrogens with one attached hydrogen (secondary N) is 1. The van der Waals surface area contributed by atoms with Crippen molar-refractivity contribution in [2.75, 3.05) is 0 Å². The molecule has 0 aromatic rings. The lowest BCUT2D eigenvalue weighted by Gasteiger charge is -2.03. The minimum atomic E-state index is -0.369. The first kappa shape index (κ1) is 11.9. The van der Waals surface area contributed by atoms with Gasteiger partial charge in [-0.2, -0.15) is 5.48 Å². The molecule has 0 atom stereocenters. The average Bonchev–Trinajstić information content (AvgIpc) is 2.12. The molecule has 0 heterocycles. The van der Waals surface area contributed by atoms with Gasteiger partial charge in [0, 0.05) is 12.8 Å². The molecule has 1 N–H and O–H groups in total. The topological polar surface area (TPSA) is 55.4 Å². The summed E-state index contributed by atoms with van der Waals surface area (Å²) in [5, 5.41) is 0. The van der Waals surface area contributed by atoms with Gasteiger partial charge in [-0.3, -0.25) is 4.79 Å². The van der Waals surface area contributed by atoms with E-state index in [1.54, 1.807) is 0 Å². The third kappa shape index (κ3) is 7.31. The highest BCUT2D eigenvalue weighted by Crippen LogP contribution is 1.95. The number of unbranched alkanes of at least 4 members (excludes halogenated alkanes) is 1. The Labute approximate surface area is 78.6 Å². The fourth-order valence-corrected chi connectivity index (χ4v) is 0.764.